The first-order valence-electron chi connectivity index (χ1n) is 7.34. The lowest BCUT2D eigenvalue weighted by molar-refractivity contribution is -0.126. The minimum atomic E-state index is -1.28. The Morgan fingerprint density at radius 1 is 1.24 bits per heavy atom. The lowest BCUT2D eigenvalue weighted by Gasteiger charge is -2.24. The summed E-state index contributed by atoms with van der Waals surface area (Å²) in [5.41, 5.74) is 0.227. The number of aromatic amines is 1. The average molecular weight is 412 g/mol. The third-order valence-electron chi connectivity index (χ3n) is 3.57. The molecule has 2 aromatic rings. The SMILES string of the molecule is COC(Br)(Cc1c[nH]c(C(=O)O)c(OCc2ccccc2)c1=O)OC. The Bertz CT molecular complexity index is 785. The number of rotatable bonds is 8. The summed E-state index contributed by atoms with van der Waals surface area (Å²) in [6.45, 7) is 0.0711. The molecule has 0 saturated carbocycles. The van der Waals surface area contributed by atoms with Crippen LogP contribution in [0.5, 0.6) is 5.75 Å². The molecule has 0 aliphatic heterocycles. The quantitative estimate of drug-likeness (QED) is 0.511. The van der Waals surface area contributed by atoms with Crippen molar-refractivity contribution in [2.45, 2.75) is 17.7 Å². The highest BCUT2D eigenvalue weighted by Crippen LogP contribution is 2.25. The largest absolute Gasteiger partial charge is 0.482 e. The van der Waals surface area contributed by atoms with Crippen LogP contribution in [0.25, 0.3) is 0 Å². The van der Waals surface area contributed by atoms with Crippen molar-refractivity contribution in [3.05, 3.63) is 63.6 Å². The number of ether oxygens (including phenoxy) is 3. The first-order chi connectivity index (χ1) is 11.9. The van der Waals surface area contributed by atoms with Gasteiger partial charge in [0, 0.05) is 32.4 Å². The van der Waals surface area contributed by atoms with E-state index in [1.54, 1.807) is 0 Å². The lowest BCUT2D eigenvalue weighted by atomic mass is 10.1. The Hall–Kier alpha value is -2.16. The fourth-order valence-electron chi connectivity index (χ4n) is 2.16. The van der Waals surface area contributed by atoms with E-state index in [0.29, 0.717) is 0 Å². The van der Waals surface area contributed by atoms with Crippen LogP contribution in [0.3, 0.4) is 0 Å². The molecule has 0 radical (unpaired) electrons. The second-order valence-corrected chi connectivity index (χ2v) is 6.38. The maximum atomic E-state index is 12.7. The molecule has 0 fully saturated rings. The molecule has 2 rings (SSSR count). The van der Waals surface area contributed by atoms with E-state index >= 15 is 0 Å². The van der Waals surface area contributed by atoms with Gasteiger partial charge in [-0.25, -0.2) is 4.79 Å². The summed E-state index contributed by atoms with van der Waals surface area (Å²) in [6, 6.07) is 9.14. The molecule has 0 bridgehead atoms. The molecule has 0 saturated heterocycles. The van der Waals surface area contributed by atoms with E-state index in [2.05, 4.69) is 20.9 Å². The maximum Gasteiger partial charge on any atom is 0.356 e. The number of hydrogen-bond acceptors (Lipinski definition) is 5. The molecule has 0 aliphatic carbocycles. The van der Waals surface area contributed by atoms with Crippen molar-refractivity contribution in [2.75, 3.05) is 14.2 Å². The number of alkyl halides is 1. The van der Waals surface area contributed by atoms with Gasteiger partial charge in [-0.1, -0.05) is 30.3 Å². The highest BCUT2D eigenvalue weighted by atomic mass is 79.9. The summed E-state index contributed by atoms with van der Waals surface area (Å²) in [5, 5.41) is 9.29. The Morgan fingerprint density at radius 3 is 2.44 bits per heavy atom. The van der Waals surface area contributed by atoms with E-state index in [1.165, 1.54) is 20.4 Å². The molecule has 0 aliphatic rings. The number of methoxy groups -OCH3 is 2. The number of halogens is 1. The third kappa shape index (κ3) is 4.68. The number of carboxylic acids is 1. The first kappa shape index (κ1) is 19.2. The van der Waals surface area contributed by atoms with E-state index in [0.717, 1.165) is 5.56 Å². The zero-order chi connectivity index (χ0) is 18.4. The minimum Gasteiger partial charge on any atom is -0.482 e. The monoisotopic (exact) mass is 411 g/mol. The van der Waals surface area contributed by atoms with Gasteiger partial charge in [0.15, 0.2) is 11.4 Å². The third-order valence-corrected chi connectivity index (χ3v) is 4.49. The van der Waals surface area contributed by atoms with E-state index in [-0.39, 0.29) is 30.0 Å². The second-order valence-electron chi connectivity index (χ2n) is 5.17. The van der Waals surface area contributed by atoms with Gasteiger partial charge in [-0.05, 0) is 21.5 Å². The van der Waals surface area contributed by atoms with Crippen LogP contribution in [-0.2, 0) is 22.5 Å². The van der Waals surface area contributed by atoms with Crippen LogP contribution in [0, 0.1) is 0 Å². The fourth-order valence-corrected chi connectivity index (χ4v) is 2.46. The second kappa shape index (κ2) is 8.28. The number of carboxylic acid groups (broad SMARTS) is 1. The van der Waals surface area contributed by atoms with Crippen molar-refractivity contribution < 1.29 is 24.1 Å². The van der Waals surface area contributed by atoms with E-state index in [9.17, 15) is 14.7 Å². The smallest absolute Gasteiger partial charge is 0.356 e. The molecule has 1 heterocycles. The molecule has 7 nitrogen and oxygen atoms in total. The average Bonchev–Trinajstić information content (AvgIpc) is 2.62. The molecule has 2 N–H and O–H groups in total. The van der Waals surface area contributed by atoms with E-state index < -0.39 is 16.1 Å². The summed E-state index contributed by atoms with van der Waals surface area (Å²) in [4.78, 5) is 26.7. The molecule has 0 spiro atoms. The minimum absolute atomic E-state index is 0.0525. The number of nitrogens with one attached hydrogen (secondary N) is 1. The van der Waals surface area contributed by atoms with Crippen LogP contribution in [-0.4, -0.2) is 35.0 Å². The number of aromatic carboxylic acids is 1. The molecular weight excluding hydrogens is 394 g/mol. The molecule has 134 valence electrons. The zero-order valence-corrected chi connectivity index (χ0v) is 15.3. The summed E-state index contributed by atoms with van der Waals surface area (Å²) < 4.78 is 14.7. The van der Waals surface area contributed by atoms with E-state index in [1.807, 2.05) is 30.3 Å². The molecule has 0 atom stereocenters. The van der Waals surface area contributed by atoms with Gasteiger partial charge < -0.3 is 24.3 Å². The van der Waals surface area contributed by atoms with Crippen LogP contribution < -0.4 is 10.2 Å². The molecule has 25 heavy (non-hydrogen) atoms. The highest BCUT2D eigenvalue weighted by molar-refractivity contribution is 9.10. The van der Waals surface area contributed by atoms with Crippen molar-refractivity contribution in [1.82, 2.24) is 4.98 Å². The van der Waals surface area contributed by atoms with E-state index in [4.69, 9.17) is 14.2 Å². The molecular formula is C17H18BrNO6. The predicted molar refractivity (Wildman–Crippen MR) is 94.2 cm³/mol. The molecule has 0 unspecified atom stereocenters. The Kier molecular flexibility index (Phi) is 6.35. The van der Waals surface area contributed by atoms with Gasteiger partial charge in [0.05, 0.1) is 0 Å². The topological polar surface area (TPSA) is 97.9 Å². The maximum absolute atomic E-state index is 12.7. The number of pyridine rings is 1. The molecule has 1 aromatic carbocycles. The molecule has 1 aromatic heterocycles. The van der Waals surface area contributed by atoms with Gasteiger partial charge in [-0.2, -0.15) is 0 Å². The van der Waals surface area contributed by atoms with Crippen LogP contribution in [0.1, 0.15) is 21.6 Å². The first-order valence-corrected chi connectivity index (χ1v) is 8.13. The summed E-state index contributed by atoms with van der Waals surface area (Å²) >= 11 is 3.25. The Balaban J connectivity index is 2.36. The van der Waals surface area contributed by atoms with Crippen molar-refractivity contribution in [3.8, 4) is 5.75 Å². The van der Waals surface area contributed by atoms with Crippen LogP contribution >= 0.6 is 15.9 Å². The van der Waals surface area contributed by atoms with Crippen molar-refractivity contribution >= 4 is 21.9 Å². The van der Waals surface area contributed by atoms with Gasteiger partial charge in [0.25, 0.3) is 0 Å². The van der Waals surface area contributed by atoms with Crippen LogP contribution in [0.2, 0.25) is 0 Å². The highest BCUT2D eigenvalue weighted by Gasteiger charge is 2.29. The van der Waals surface area contributed by atoms with Gasteiger partial charge in [0.2, 0.25) is 10.1 Å². The number of hydrogen-bond donors (Lipinski definition) is 2. The standard InChI is InChI=1S/C17H18BrNO6/c1-23-17(18,24-2)8-12-9-19-13(16(21)22)15(14(12)20)25-10-11-6-4-3-5-7-11/h3-7,9H,8,10H2,1-2H3,(H,19,20)(H,21,22). The van der Waals surface area contributed by atoms with Crippen molar-refractivity contribution in [1.29, 1.82) is 0 Å². The number of benzene rings is 1. The number of H-pyrrole nitrogens is 1. The number of carbonyl (C=O) groups is 1. The number of aromatic nitrogens is 1. The van der Waals surface area contributed by atoms with Gasteiger partial charge in [-0.3, -0.25) is 4.79 Å². The summed E-state index contributed by atoms with van der Waals surface area (Å²) in [5.74, 6) is -1.54. The van der Waals surface area contributed by atoms with Gasteiger partial charge >= 0.3 is 5.97 Å². The Morgan fingerprint density at radius 2 is 1.88 bits per heavy atom. The Labute approximate surface area is 152 Å². The summed E-state index contributed by atoms with van der Waals surface area (Å²) in [6.07, 6.45) is 1.37. The summed E-state index contributed by atoms with van der Waals surface area (Å²) in [7, 11) is 2.84. The van der Waals surface area contributed by atoms with Gasteiger partial charge in [-0.15, -0.1) is 0 Å². The fraction of sp³-hybridized carbons (Fsp3) is 0.294. The van der Waals surface area contributed by atoms with Crippen molar-refractivity contribution in [2.24, 2.45) is 0 Å². The molecule has 0 amide bonds. The normalized spacial score (nSPS) is 11.3. The van der Waals surface area contributed by atoms with Crippen LogP contribution in [0.15, 0.2) is 41.3 Å². The van der Waals surface area contributed by atoms with Gasteiger partial charge in [0.1, 0.15) is 6.61 Å². The predicted octanol–water partition coefficient (Wildman–Crippen LogP) is 2.54. The van der Waals surface area contributed by atoms with Crippen LogP contribution in [0.4, 0.5) is 0 Å². The lowest BCUT2D eigenvalue weighted by Crippen LogP contribution is -2.32. The molecule has 8 heteroatoms. The van der Waals surface area contributed by atoms with Crippen molar-refractivity contribution in [3.63, 3.8) is 0 Å². The zero-order valence-electron chi connectivity index (χ0n) is 13.7.